The van der Waals surface area contributed by atoms with Crippen LogP contribution in [0.5, 0.6) is 11.5 Å². The van der Waals surface area contributed by atoms with Gasteiger partial charge in [0.15, 0.2) is 11.5 Å². The van der Waals surface area contributed by atoms with Crippen molar-refractivity contribution in [2.24, 2.45) is 0 Å². The summed E-state index contributed by atoms with van der Waals surface area (Å²) in [6.45, 7) is 0.309. The lowest BCUT2D eigenvalue weighted by Gasteiger charge is -2.23. The Balaban J connectivity index is 1.74. The summed E-state index contributed by atoms with van der Waals surface area (Å²) in [7, 11) is 3.14. The first-order chi connectivity index (χ1) is 12.1. The second-order valence-electron chi connectivity index (χ2n) is 6.21. The van der Waals surface area contributed by atoms with E-state index < -0.39 is 0 Å². The van der Waals surface area contributed by atoms with E-state index in [-0.39, 0.29) is 24.2 Å². The summed E-state index contributed by atoms with van der Waals surface area (Å²) < 4.78 is 24.5. The zero-order chi connectivity index (χ0) is 17.8. The van der Waals surface area contributed by atoms with Crippen molar-refractivity contribution in [2.75, 3.05) is 14.2 Å². The van der Waals surface area contributed by atoms with Crippen LogP contribution >= 0.6 is 0 Å². The summed E-state index contributed by atoms with van der Waals surface area (Å²) in [5.74, 6) is 0.953. The quantitative estimate of drug-likeness (QED) is 0.771. The predicted molar refractivity (Wildman–Crippen MR) is 93.2 cm³/mol. The highest BCUT2D eigenvalue weighted by Crippen LogP contribution is 2.31. The standard InChI is InChI=1S/C20H22FNO3/c1-24-18-10-7-14(11-19(18)25-2)12-20(23)22(16-8-9-16)13-15-5-3-4-6-17(15)21/h3-7,10-11,16H,8-9,12-13H2,1-2H3. The highest BCUT2D eigenvalue weighted by molar-refractivity contribution is 5.79. The van der Waals surface area contributed by atoms with Crippen LogP contribution < -0.4 is 9.47 Å². The molecular weight excluding hydrogens is 321 g/mol. The molecule has 0 bridgehead atoms. The van der Waals surface area contributed by atoms with Crippen LogP contribution in [0, 0.1) is 5.82 Å². The number of halogens is 1. The molecule has 25 heavy (non-hydrogen) atoms. The molecule has 2 aromatic rings. The number of ether oxygens (including phenoxy) is 2. The number of nitrogens with zero attached hydrogens (tertiary/aromatic N) is 1. The van der Waals surface area contributed by atoms with Gasteiger partial charge in [0.25, 0.3) is 0 Å². The molecule has 0 atom stereocenters. The van der Waals surface area contributed by atoms with Crippen LogP contribution in [-0.2, 0) is 17.8 Å². The molecule has 1 fully saturated rings. The molecule has 2 aromatic carbocycles. The third kappa shape index (κ3) is 4.10. The second-order valence-corrected chi connectivity index (χ2v) is 6.21. The Morgan fingerprint density at radius 3 is 2.48 bits per heavy atom. The van der Waals surface area contributed by atoms with Gasteiger partial charge in [-0.25, -0.2) is 4.39 Å². The van der Waals surface area contributed by atoms with Crippen molar-refractivity contribution in [3.8, 4) is 11.5 Å². The fraction of sp³-hybridized carbons (Fsp3) is 0.350. The van der Waals surface area contributed by atoms with Crippen LogP contribution in [0.2, 0.25) is 0 Å². The lowest BCUT2D eigenvalue weighted by atomic mass is 10.1. The molecule has 0 spiro atoms. The van der Waals surface area contributed by atoms with Crippen molar-refractivity contribution < 1.29 is 18.7 Å². The Labute approximate surface area is 147 Å². The zero-order valence-electron chi connectivity index (χ0n) is 14.5. The highest BCUT2D eigenvalue weighted by Gasteiger charge is 2.32. The van der Waals surface area contributed by atoms with Gasteiger partial charge in [-0.3, -0.25) is 4.79 Å². The summed E-state index contributed by atoms with van der Waals surface area (Å²) in [5, 5.41) is 0. The summed E-state index contributed by atoms with van der Waals surface area (Å²) in [5.41, 5.74) is 1.40. The maximum Gasteiger partial charge on any atom is 0.227 e. The average molecular weight is 343 g/mol. The molecule has 132 valence electrons. The average Bonchev–Trinajstić information content (AvgIpc) is 3.45. The number of methoxy groups -OCH3 is 2. The minimum Gasteiger partial charge on any atom is -0.493 e. The molecule has 1 amide bonds. The molecule has 1 saturated carbocycles. The first kappa shape index (κ1) is 17.3. The molecule has 0 heterocycles. The third-order valence-electron chi connectivity index (χ3n) is 4.41. The van der Waals surface area contributed by atoms with E-state index in [0.29, 0.717) is 23.6 Å². The van der Waals surface area contributed by atoms with E-state index in [1.54, 1.807) is 43.4 Å². The maximum absolute atomic E-state index is 13.9. The van der Waals surface area contributed by atoms with Crippen molar-refractivity contribution in [1.82, 2.24) is 4.90 Å². The largest absolute Gasteiger partial charge is 0.493 e. The van der Waals surface area contributed by atoms with E-state index in [9.17, 15) is 9.18 Å². The van der Waals surface area contributed by atoms with E-state index >= 15 is 0 Å². The first-order valence-electron chi connectivity index (χ1n) is 8.36. The van der Waals surface area contributed by atoms with Gasteiger partial charge in [-0.15, -0.1) is 0 Å². The summed E-state index contributed by atoms with van der Waals surface area (Å²) >= 11 is 0. The third-order valence-corrected chi connectivity index (χ3v) is 4.41. The van der Waals surface area contributed by atoms with Crippen LogP contribution in [0.15, 0.2) is 42.5 Å². The van der Waals surface area contributed by atoms with Crippen LogP contribution in [0.1, 0.15) is 24.0 Å². The predicted octanol–water partition coefficient (Wildman–Crippen LogP) is 3.58. The molecular formula is C20H22FNO3. The smallest absolute Gasteiger partial charge is 0.227 e. The molecule has 0 aromatic heterocycles. The molecule has 1 aliphatic carbocycles. The van der Waals surface area contributed by atoms with Crippen LogP contribution in [0.4, 0.5) is 4.39 Å². The SMILES string of the molecule is COc1ccc(CC(=O)N(Cc2ccccc2F)C2CC2)cc1OC. The van der Waals surface area contributed by atoms with Gasteiger partial charge in [-0.2, -0.15) is 0 Å². The van der Waals surface area contributed by atoms with Crippen LogP contribution in [0.3, 0.4) is 0 Å². The van der Waals surface area contributed by atoms with E-state index in [4.69, 9.17) is 9.47 Å². The number of hydrogen-bond donors (Lipinski definition) is 0. The normalized spacial score (nSPS) is 13.4. The fourth-order valence-corrected chi connectivity index (χ4v) is 2.88. The lowest BCUT2D eigenvalue weighted by Crippen LogP contribution is -2.34. The fourth-order valence-electron chi connectivity index (χ4n) is 2.88. The minimum atomic E-state index is -0.271. The summed E-state index contributed by atoms with van der Waals surface area (Å²) in [6, 6.07) is 12.3. The Hall–Kier alpha value is -2.56. The zero-order valence-corrected chi connectivity index (χ0v) is 14.5. The molecule has 4 nitrogen and oxygen atoms in total. The number of amides is 1. The van der Waals surface area contributed by atoms with Gasteiger partial charge in [0.05, 0.1) is 20.6 Å². The van der Waals surface area contributed by atoms with Crippen molar-refractivity contribution >= 4 is 5.91 Å². The Kier molecular flexibility index (Phi) is 5.22. The lowest BCUT2D eigenvalue weighted by molar-refractivity contribution is -0.131. The van der Waals surface area contributed by atoms with E-state index in [0.717, 1.165) is 18.4 Å². The van der Waals surface area contributed by atoms with Gasteiger partial charge in [0, 0.05) is 18.2 Å². The molecule has 0 radical (unpaired) electrons. The number of benzene rings is 2. The summed E-state index contributed by atoms with van der Waals surface area (Å²) in [4.78, 5) is 14.6. The van der Waals surface area contributed by atoms with E-state index in [1.165, 1.54) is 6.07 Å². The Morgan fingerprint density at radius 2 is 1.84 bits per heavy atom. The van der Waals surface area contributed by atoms with Gasteiger partial charge < -0.3 is 14.4 Å². The van der Waals surface area contributed by atoms with Crippen LogP contribution in [-0.4, -0.2) is 31.1 Å². The monoisotopic (exact) mass is 343 g/mol. The van der Waals surface area contributed by atoms with Crippen molar-refractivity contribution in [2.45, 2.75) is 31.8 Å². The first-order valence-corrected chi connectivity index (χ1v) is 8.36. The van der Waals surface area contributed by atoms with Gasteiger partial charge >= 0.3 is 0 Å². The number of hydrogen-bond acceptors (Lipinski definition) is 3. The van der Waals surface area contributed by atoms with E-state index in [1.807, 2.05) is 12.1 Å². The van der Waals surface area contributed by atoms with Crippen molar-refractivity contribution in [1.29, 1.82) is 0 Å². The Morgan fingerprint density at radius 1 is 1.12 bits per heavy atom. The second kappa shape index (κ2) is 7.55. The number of carbonyl (C=O) groups excluding carboxylic acids is 1. The molecule has 5 heteroatoms. The molecule has 1 aliphatic rings. The number of carbonyl (C=O) groups is 1. The molecule has 0 unspecified atom stereocenters. The molecule has 0 aliphatic heterocycles. The maximum atomic E-state index is 13.9. The van der Waals surface area contributed by atoms with Gasteiger partial charge in [-0.05, 0) is 36.6 Å². The molecule has 0 N–H and O–H groups in total. The van der Waals surface area contributed by atoms with Crippen molar-refractivity contribution in [3.05, 3.63) is 59.4 Å². The topological polar surface area (TPSA) is 38.8 Å². The van der Waals surface area contributed by atoms with Gasteiger partial charge in [0.1, 0.15) is 5.82 Å². The highest BCUT2D eigenvalue weighted by atomic mass is 19.1. The van der Waals surface area contributed by atoms with Crippen molar-refractivity contribution in [3.63, 3.8) is 0 Å². The number of rotatable bonds is 7. The van der Waals surface area contributed by atoms with Gasteiger partial charge in [0.2, 0.25) is 5.91 Å². The van der Waals surface area contributed by atoms with Crippen LogP contribution in [0.25, 0.3) is 0 Å². The molecule has 3 rings (SSSR count). The summed E-state index contributed by atoms with van der Waals surface area (Å²) in [6.07, 6.45) is 2.21. The van der Waals surface area contributed by atoms with E-state index in [2.05, 4.69) is 0 Å². The van der Waals surface area contributed by atoms with Gasteiger partial charge in [-0.1, -0.05) is 24.3 Å². The minimum absolute atomic E-state index is 0.00188. The Bertz CT molecular complexity index is 758. The molecule has 0 saturated heterocycles.